The second-order valence-corrected chi connectivity index (χ2v) is 3.53. The largest absolute Gasteiger partial charge is 0.480 e. The van der Waals surface area contributed by atoms with E-state index >= 15 is 0 Å². The van der Waals surface area contributed by atoms with E-state index in [1.54, 1.807) is 10.9 Å². The Morgan fingerprint density at radius 3 is 2.93 bits per heavy atom. The van der Waals surface area contributed by atoms with Crippen molar-refractivity contribution in [3.63, 3.8) is 0 Å². The van der Waals surface area contributed by atoms with Crippen molar-refractivity contribution >= 4 is 5.97 Å². The molecule has 2 N–H and O–H groups in total. The first-order valence-corrected chi connectivity index (χ1v) is 5.08. The van der Waals surface area contributed by atoms with Crippen molar-refractivity contribution in [1.82, 2.24) is 15.1 Å². The van der Waals surface area contributed by atoms with E-state index in [4.69, 9.17) is 5.11 Å². The lowest BCUT2D eigenvalue weighted by molar-refractivity contribution is -0.139. The van der Waals surface area contributed by atoms with Crippen molar-refractivity contribution in [1.29, 1.82) is 0 Å². The zero-order chi connectivity index (χ0) is 11.3. The molecule has 0 fully saturated rings. The number of rotatable bonds is 6. The summed E-state index contributed by atoms with van der Waals surface area (Å²) in [6, 6.07) is -0.457. The van der Waals surface area contributed by atoms with Gasteiger partial charge in [0.2, 0.25) is 0 Å². The van der Waals surface area contributed by atoms with E-state index in [2.05, 4.69) is 10.4 Å². The summed E-state index contributed by atoms with van der Waals surface area (Å²) >= 11 is 0. The molecule has 15 heavy (non-hydrogen) atoms. The number of nitrogens with one attached hydrogen (secondary N) is 1. The normalized spacial score (nSPS) is 12.7. The summed E-state index contributed by atoms with van der Waals surface area (Å²) in [5, 5.41) is 15.9. The van der Waals surface area contributed by atoms with Crippen molar-refractivity contribution in [3.05, 3.63) is 18.0 Å². The Kier molecular flexibility index (Phi) is 4.30. The summed E-state index contributed by atoms with van der Waals surface area (Å²) in [6.07, 6.45) is 4.31. The third-order valence-corrected chi connectivity index (χ3v) is 2.20. The number of nitrogens with zero attached hydrogens (tertiary/aromatic N) is 2. The highest BCUT2D eigenvalue weighted by molar-refractivity contribution is 5.73. The van der Waals surface area contributed by atoms with Crippen LogP contribution < -0.4 is 5.32 Å². The van der Waals surface area contributed by atoms with Gasteiger partial charge in [0.1, 0.15) is 6.04 Å². The molecule has 0 bridgehead atoms. The van der Waals surface area contributed by atoms with Crippen molar-refractivity contribution in [2.45, 2.75) is 32.9 Å². The van der Waals surface area contributed by atoms with Gasteiger partial charge in [0, 0.05) is 12.7 Å². The average molecular weight is 211 g/mol. The van der Waals surface area contributed by atoms with Crippen LogP contribution in [0.1, 0.15) is 18.9 Å². The van der Waals surface area contributed by atoms with E-state index in [-0.39, 0.29) is 0 Å². The molecule has 0 amide bonds. The van der Waals surface area contributed by atoms with Crippen LogP contribution in [0.4, 0.5) is 0 Å². The first kappa shape index (κ1) is 11.7. The Balaban J connectivity index is 2.29. The Morgan fingerprint density at radius 1 is 1.73 bits per heavy atom. The number of aryl methyl sites for hydroxylation is 1. The van der Waals surface area contributed by atoms with Gasteiger partial charge in [-0.1, -0.05) is 6.92 Å². The van der Waals surface area contributed by atoms with E-state index in [1.165, 1.54) is 0 Å². The molecule has 0 aliphatic heterocycles. The molecular weight excluding hydrogens is 194 g/mol. The third-order valence-electron chi connectivity index (χ3n) is 2.20. The fraction of sp³-hybridized carbons (Fsp3) is 0.600. The van der Waals surface area contributed by atoms with Gasteiger partial charge in [0.15, 0.2) is 0 Å². The maximum Gasteiger partial charge on any atom is 0.320 e. The molecule has 0 aliphatic carbocycles. The number of aliphatic carboxylic acids is 1. The van der Waals surface area contributed by atoms with Gasteiger partial charge in [-0.15, -0.1) is 0 Å². The highest BCUT2D eigenvalue weighted by Crippen LogP contribution is 1.94. The number of carboxylic acids is 1. The molecule has 5 heteroatoms. The first-order valence-electron chi connectivity index (χ1n) is 5.08. The molecule has 0 aromatic carbocycles. The predicted octanol–water partition coefficient (Wildman–Crippen LogP) is 0.644. The Hall–Kier alpha value is -1.36. The summed E-state index contributed by atoms with van der Waals surface area (Å²) < 4.78 is 1.80. The fourth-order valence-corrected chi connectivity index (χ4v) is 1.35. The lowest BCUT2D eigenvalue weighted by atomic mass is 10.2. The number of hydrogen-bond donors (Lipinski definition) is 2. The van der Waals surface area contributed by atoms with Gasteiger partial charge in [-0.25, -0.2) is 0 Å². The van der Waals surface area contributed by atoms with Crippen molar-refractivity contribution in [2.75, 3.05) is 6.54 Å². The summed E-state index contributed by atoms with van der Waals surface area (Å²) in [5.41, 5.74) is 1.11. The molecule has 5 nitrogen and oxygen atoms in total. The molecule has 1 aromatic rings. The van der Waals surface area contributed by atoms with Crippen LogP contribution in [0.3, 0.4) is 0 Å². The lowest BCUT2D eigenvalue weighted by Crippen LogP contribution is -2.37. The van der Waals surface area contributed by atoms with Crippen LogP contribution in [0.5, 0.6) is 0 Å². The molecule has 1 unspecified atom stereocenters. The minimum atomic E-state index is -0.797. The molecule has 0 radical (unpaired) electrons. The Bertz CT molecular complexity index is 322. The molecule has 84 valence electrons. The second-order valence-electron chi connectivity index (χ2n) is 3.53. The second kappa shape index (κ2) is 5.50. The first-order chi connectivity index (χ1) is 7.13. The molecule has 1 atom stereocenters. The minimum Gasteiger partial charge on any atom is -0.480 e. The quantitative estimate of drug-likeness (QED) is 0.724. The number of aromatic nitrogens is 2. The smallest absolute Gasteiger partial charge is 0.320 e. The molecular formula is C10H17N3O2. The lowest BCUT2D eigenvalue weighted by Gasteiger charge is -2.11. The van der Waals surface area contributed by atoms with Crippen molar-refractivity contribution in [3.8, 4) is 0 Å². The van der Waals surface area contributed by atoms with E-state index in [0.717, 1.165) is 5.56 Å². The summed E-state index contributed by atoms with van der Waals surface area (Å²) in [5.74, 6) is -0.797. The van der Waals surface area contributed by atoms with Crippen LogP contribution >= 0.6 is 0 Å². The summed E-state index contributed by atoms with van der Waals surface area (Å²) in [6.45, 7) is 5.14. The maximum absolute atomic E-state index is 10.7. The van der Waals surface area contributed by atoms with Crippen LogP contribution in [0, 0.1) is 6.92 Å². The molecule has 1 aromatic heterocycles. The zero-order valence-electron chi connectivity index (χ0n) is 9.10. The standard InChI is InChI=1S/C10H17N3O2/c1-3-9(10(14)15)11-4-5-13-7-8(2)6-12-13/h6-7,9,11H,3-5H2,1-2H3,(H,14,15). The maximum atomic E-state index is 10.7. The van der Waals surface area contributed by atoms with E-state index in [9.17, 15) is 4.79 Å². The van der Waals surface area contributed by atoms with Gasteiger partial charge in [-0.2, -0.15) is 5.10 Å². The Labute approximate surface area is 89.1 Å². The SMILES string of the molecule is CCC(NCCn1cc(C)cn1)C(=O)O. The third kappa shape index (κ3) is 3.71. The van der Waals surface area contributed by atoms with Crippen LogP contribution in [-0.2, 0) is 11.3 Å². The van der Waals surface area contributed by atoms with Gasteiger partial charge in [0.05, 0.1) is 12.7 Å². The van der Waals surface area contributed by atoms with Gasteiger partial charge in [-0.05, 0) is 18.9 Å². The van der Waals surface area contributed by atoms with E-state index in [0.29, 0.717) is 19.5 Å². The topological polar surface area (TPSA) is 67.2 Å². The van der Waals surface area contributed by atoms with E-state index in [1.807, 2.05) is 20.0 Å². The van der Waals surface area contributed by atoms with Gasteiger partial charge in [0.25, 0.3) is 0 Å². The van der Waals surface area contributed by atoms with Crippen LogP contribution in [0.15, 0.2) is 12.4 Å². The highest BCUT2D eigenvalue weighted by Gasteiger charge is 2.12. The number of hydrogen-bond acceptors (Lipinski definition) is 3. The van der Waals surface area contributed by atoms with E-state index < -0.39 is 12.0 Å². The summed E-state index contributed by atoms with van der Waals surface area (Å²) in [4.78, 5) is 10.7. The van der Waals surface area contributed by atoms with Gasteiger partial charge >= 0.3 is 5.97 Å². The highest BCUT2D eigenvalue weighted by atomic mass is 16.4. The molecule has 0 aliphatic rings. The Morgan fingerprint density at radius 2 is 2.47 bits per heavy atom. The average Bonchev–Trinajstić information content (AvgIpc) is 2.58. The van der Waals surface area contributed by atoms with Crippen LogP contribution in [-0.4, -0.2) is 33.4 Å². The van der Waals surface area contributed by atoms with Crippen LogP contribution in [0.25, 0.3) is 0 Å². The van der Waals surface area contributed by atoms with Gasteiger partial charge < -0.3 is 10.4 Å². The fourth-order valence-electron chi connectivity index (χ4n) is 1.35. The molecule has 1 rings (SSSR count). The molecule has 0 saturated carbocycles. The molecule has 0 spiro atoms. The number of carbonyl (C=O) groups is 1. The molecule has 1 heterocycles. The predicted molar refractivity (Wildman–Crippen MR) is 56.7 cm³/mol. The van der Waals surface area contributed by atoms with Crippen LogP contribution in [0.2, 0.25) is 0 Å². The summed E-state index contributed by atoms with van der Waals surface area (Å²) in [7, 11) is 0. The van der Waals surface area contributed by atoms with Gasteiger partial charge in [-0.3, -0.25) is 9.48 Å². The molecule has 0 saturated heterocycles. The monoisotopic (exact) mass is 211 g/mol. The minimum absolute atomic E-state index is 0.457. The van der Waals surface area contributed by atoms with Crippen molar-refractivity contribution in [2.24, 2.45) is 0 Å². The zero-order valence-corrected chi connectivity index (χ0v) is 9.10. The van der Waals surface area contributed by atoms with Crippen molar-refractivity contribution < 1.29 is 9.90 Å². The number of carboxylic acid groups (broad SMARTS) is 1.